The van der Waals surface area contributed by atoms with Crippen molar-refractivity contribution in [2.24, 2.45) is 0 Å². The molecular weight excluding hydrogens is 526 g/mol. The van der Waals surface area contributed by atoms with E-state index in [1.807, 2.05) is 80.1 Å². The summed E-state index contributed by atoms with van der Waals surface area (Å²) in [6.45, 7) is 5.83. The molecule has 0 radical (unpaired) electrons. The molecule has 198 valence electrons. The Bertz CT molecular complexity index is 1500. The van der Waals surface area contributed by atoms with Crippen LogP contribution in [0.4, 0.5) is 11.4 Å². The maximum absolute atomic E-state index is 13.2. The van der Waals surface area contributed by atoms with E-state index in [-0.39, 0.29) is 22.8 Å². The Hall–Kier alpha value is -4.14. The molecule has 1 heterocycles. The molecule has 0 aliphatic carbocycles. The number of amides is 3. The van der Waals surface area contributed by atoms with E-state index in [0.717, 1.165) is 27.3 Å². The Morgan fingerprint density at radius 1 is 0.897 bits per heavy atom. The van der Waals surface area contributed by atoms with Crippen molar-refractivity contribution in [1.29, 1.82) is 0 Å². The summed E-state index contributed by atoms with van der Waals surface area (Å²) in [5.74, 6) is -0.931. The Kier molecular flexibility index (Phi) is 9.35. The molecule has 4 aromatic rings. The molecule has 0 fully saturated rings. The minimum Gasteiger partial charge on any atom is -0.325 e. The highest BCUT2D eigenvalue weighted by atomic mass is 32.2. The minimum absolute atomic E-state index is 0.106. The molecule has 0 saturated heterocycles. The fourth-order valence-electron chi connectivity index (χ4n) is 3.76. The van der Waals surface area contributed by atoms with Crippen LogP contribution in [0, 0.1) is 13.8 Å². The van der Waals surface area contributed by atoms with Crippen molar-refractivity contribution in [1.82, 2.24) is 5.32 Å². The van der Waals surface area contributed by atoms with Crippen LogP contribution in [0.1, 0.15) is 34.0 Å². The van der Waals surface area contributed by atoms with E-state index in [9.17, 15) is 14.4 Å². The summed E-state index contributed by atoms with van der Waals surface area (Å²) in [6.07, 6.45) is 1.64. The molecule has 1 atom stereocenters. The topological polar surface area (TPSA) is 87.3 Å². The number of carbonyl (C=O) groups excluding carboxylic acids is 3. The van der Waals surface area contributed by atoms with Crippen molar-refractivity contribution in [3.8, 4) is 0 Å². The molecule has 8 heteroatoms. The number of benzene rings is 3. The normalized spacial score (nSPS) is 11.9. The van der Waals surface area contributed by atoms with Gasteiger partial charge in [0.15, 0.2) is 0 Å². The summed E-state index contributed by atoms with van der Waals surface area (Å²) in [5.41, 5.74) is 4.88. The van der Waals surface area contributed by atoms with Gasteiger partial charge in [-0.2, -0.15) is 11.3 Å². The van der Waals surface area contributed by atoms with E-state index in [0.29, 0.717) is 11.3 Å². The Morgan fingerprint density at radius 3 is 2.41 bits per heavy atom. The van der Waals surface area contributed by atoms with Crippen LogP contribution in [0.5, 0.6) is 0 Å². The molecule has 0 bridgehead atoms. The Labute approximate surface area is 236 Å². The quantitative estimate of drug-likeness (QED) is 0.155. The van der Waals surface area contributed by atoms with Gasteiger partial charge in [-0.25, -0.2) is 0 Å². The van der Waals surface area contributed by atoms with Crippen molar-refractivity contribution < 1.29 is 14.4 Å². The number of hydrogen-bond donors (Lipinski definition) is 3. The molecule has 3 amide bonds. The molecule has 1 aromatic heterocycles. The van der Waals surface area contributed by atoms with Gasteiger partial charge in [0.2, 0.25) is 5.91 Å². The average molecular weight is 556 g/mol. The zero-order valence-electron chi connectivity index (χ0n) is 21.9. The number of anilines is 2. The highest BCUT2D eigenvalue weighted by Crippen LogP contribution is 2.27. The first-order valence-electron chi connectivity index (χ1n) is 12.3. The van der Waals surface area contributed by atoms with Crippen LogP contribution in [0.3, 0.4) is 0 Å². The van der Waals surface area contributed by atoms with Crippen molar-refractivity contribution in [2.75, 3.05) is 10.6 Å². The number of hydrogen-bond acceptors (Lipinski definition) is 5. The molecule has 0 spiro atoms. The summed E-state index contributed by atoms with van der Waals surface area (Å²) in [6, 6.07) is 23.8. The summed E-state index contributed by atoms with van der Waals surface area (Å²) in [4.78, 5) is 39.7. The predicted molar refractivity (Wildman–Crippen MR) is 161 cm³/mol. The van der Waals surface area contributed by atoms with Gasteiger partial charge >= 0.3 is 0 Å². The van der Waals surface area contributed by atoms with Gasteiger partial charge < -0.3 is 16.0 Å². The number of nitrogens with one attached hydrogen (secondary N) is 3. The lowest BCUT2D eigenvalue weighted by Crippen LogP contribution is -2.30. The third-order valence-corrected chi connectivity index (χ3v) is 7.59. The third-order valence-electron chi connectivity index (χ3n) is 5.80. The average Bonchev–Trinajstić information content (AvgIpc) is 3.43. The van der Waals surface area contributed by atoms with Crippen LogP contribution in [0.2, 0.25) is 0 Å². The van der Waals surface area contributed by atoms with Gasteiger partial charge in [-0.3, -0.25) is 14.4 Å². The summed E-state index contributed by atoms with van der Waals surface area (Å²) >= 11 is 2.89. The summed E-state index contributed by atoms with van der Waals surface area (Å²) in [5, 5.41) is 12.0. The van der Waals surface area contributed by atoms with Gasteiger partial charge in [-0.15, -0.1) is 11.8 Å². The maximum atomic E-state index is 13.2. The fraction of sp³-hybridized carbons (Fsp3) is 0.129. The first kappa shape index (κ1) is 27.9. The summed E-state index contributed by atoms with van der Waals surface area (Å²) < 4.78 is 0. The molecule has 0 aliphatic heterocycles. The van der Waals surface area contributed by atoms with Gasteiger partial charge in [0.25, 0.3) is 11.8 Å². The molecule has 4 rings (SSSR count). The Balaban J connectivity index is 1.44. The molecule has 0 saturated carbocycles. The number of rotatable bonds is 9. The van der Waals surface area contributed by atoms with E-state index in [2.05, 4.69) is 16.0 Å². The van der Waals surface area contributed by atoms with Gasteiger partial charge in [0.05, 0.1) is 5.25 Å². The van der Waals surface area contributed by atoms with Crippen LogP contribution in [0.15, 0.2) is 100 Å². The second-order valence-electron chi connectivity index (χ2n) is 8.98. The van der Waals surface area contributed by atoms with E-state index in [1.165, 1.54) is 23.1 Å². The standard InChI is InChI=1S/C31H29N3O3S2/c1-20-12-13-27(21(2)16-20)33-29(35)22(3)39-26-11-7-10-25(18-26)32-31(37)28(17-23-14-15-38-19-23)34-30(36)24-8-5-4-6-9-24/h4-19,22H,1-3H3,(H,32,37)(H,33,35)(H,34,36)/b28-17-. The van der Waals surface area contributed by atoms with E-state index >= 15 is 0 Å². The highest BCUT2D eigenvalue weighted by molar-refractivity contribution is 8.00. The molecule has 1 unspecified atom stereocenters. The number of thioether (sulfide) groups is 1. The van der Waals surface area contributed by atoms with Crippen LogP contribution < -0.4 is 16.0 Å². The molecule has 39 heavy (non-hydrogen) atoms. The fourth-order valence-corrected chi connectivity index (χ4v) is 5.30. The minimum atomic E-state index is -0.451. The van der Waals surface area contributed by atoms with E-state index < -0.39 is 5.91 Å². The van der Waals surface area contributed by atoms with Crippen molar-refractivity contribution >= 4 is 58.3 Å². The SMILES string of the molecule is Cc1ccc(NC(=O)C(C)Sc2cccc(NC(=O)/C(=C/c3ccsc3)NC(=O)c3ccccc3)c2)c(C)c1. The molecular formula is C31H29N3O3S2. The lowest BCUT2D eigenvalue weighted by atomic mass is 10.1. The van der Waals surface area contributed by atoms with E-state index in [1.54, 1.807) is 36.4 Å². The monoisotopic (exact) mass is 555 g/mol. The second-order valence-corrected chi connectivity index (χ2v) is 11.2. The maximum Gasteiger partial charge on any atom is 0.272 e. The van der Waals surface area contributed by atoms with Crippen molar-refractivity contribution in [3.05, 3.63) is 118 Å². The van der Waals surface area contributed by atoms with Gasteiger partial charge in [0.1, 0.15) is 5.70 Å². The Morgan fingerprint density at radius 2 is 1.69 bits per heavy atom. The lowest BCUT2D eigenvalue weighted by Gasteiger charge is -2.15. The number of thiophene rings is 1. The summed E-state index contributed by atoms with van der Waals surface area (Å²) in [7, 11) is 0. The van der Waals surface area contributed by atoms with Crippen LogP contribution in [-0.4, -0.2) is 23.0 Å². The smallest absolute Gasteiger partial charge is 0.272 e. The number of carbonyl (C=O) groups is 3. The number of aryl methyl sites for hydroxylation is 2. The van der Waals surface area contributed by atoms with E-state index in [4.69, 9.17) is 0 Å². The van der Waals surface area contributed by atoms with Crippen molar-refractivity contribution in [3.63, 3.8) is 0 Å². The zero-order valence-corrected chi connectivity index (χ0v) is 23.5. The first-order chi connectivity index (χ1) is 18.8. The zero-order chi connectivity index (χ0) is 27.8. The van der Waals surface area contributed by atoms with Crippen LogP contribution >= 0.6 is 23.1 Å². The van der Waals surface area contributed by atoms with Crippen LogP contribution in [0.25, 0.3) is 6.08 Å². The van der Waals surface area contributed by atoms with Gasteiger partial charge in [-0.1, -0.05) is 42.0 Å². The van der Waals surface area contributed by atoms with Crippen molar-refractivity contribution in [2.45, 2.75) is 30.9 Å². The largest absolute Gasteiger partial charge is 0.325 e. The molecule has 3 N–H and O–H groups in total. The second kappa shape index (κ2) is 13.1. The molecule has 0 aliphatic rings. The molecule has 3 aromatic carbocycles. The lowest BCUT2D eigenvalue weighted by molar-refractivity contribution is -0.115. The highest BCUT2D eigenvalue weighted by Gasteiger charge is 2.18. The molecule has 6 nitrogen and oxygen atoms in total. The third kappa shape index (κ3) is 7.92. The van der Waals surface area contributed by atoms with Crippen LogP contribution in [-0.2, 0) is 9.59 Å². The van der Waals surface area contributed by atoms with Gasteiger partial charge in [0, 0.05) is 21.8 Å². The predicted octanol–water partition coefficient (Wildman–Crippen LogP) is 6.89. The van der Waals surface area contributed by atoms with Gasteiger partial charge in [-0.05, 0) is 91.2 Å². The first-order valence-corrected chi connectivity index (χ1v) is 14.2.